The molecule has 0 rings (SSSR count). The van der Waals surface area contributed by atoms with Crippen LogP contribution in [0.4, 0.5) is 8.78 Å². The molecule has 1 amide bonds. The number of carbonyl (C=O) groups is 2. The van der Waals surface area contributed by atoms with E-state index in [0.717, 1.165) is 4.90 Å². The first-order valence-electron chi connectivity index (χ1n) is 4.54. The van der Waals surface area contributed by atoms with Gasteiger partial charge in [0, 0.05) is 12.6 Å². The molecule has 0 aliphatic carbocycles. The van der Waals surface area contributed by atoms with Gasteiger partial charge in [0.25, 0.3) is 6.08 Å². The van der Waals surface area contributed by atoms with Crippen LogP contribution < -0.4 is 0 Å². The number of terminal acetylenes is 1. The largest absolute Gasteiger partial charge is 0.454 e. The van der Waals surface area contributed by atoms with E-state index in [1.54, 1.807) is 0 Å². The lowest BCUT2D eigenvalue weighted by Gasteiger charge is -2.16. The SMILES string of the molecule is C#CCN(CC=C)C(=O)C(=O)OCC=C(F)F. The summed E-state index contributed by atoms with van der Waals surface area (Å²) in [6.45, 7) is 2.71. The Morgan fingerprint density at radius 3 is 2.59 bits per heavy atom. The van der Waals surface area contributed by atoms with Gasteiger partial charge in [0.15, 0.2) is 0 Å². The van der Waals surface area contributed by atoms with Crippen molar-refractivity contribution < 1.29 is 23.1 Å². The maximum Gasteiger partial charge on any atom is 0.397 e. The monoisotopic (exact) mass is 243 g/mol. The Morgan fingerprint density at radius 2 is 2.12 bits per heavy atom. The second kappa shape index (κ2) is 8.05. The van der Waals surface area contributed by atoms with Crippen LogP contribution in [0, 0.1) is 12.3 Å². The molecule has 17 heavy (non-hydrogen) atoms. The van der Waals surface area contributed by atoms with Crippen molar-refractivity contribution in [1.29, 1.82) is 0 Å². The second-order valence-corrected chi connectivity index (χ2v) is 2.77. The van der Waals surface area contributed by atoms with E-state index in [1.165, 1.54) is 6.08 Å². The number of rotatable bonds is 5. The highest BCUT2D eigenvalue weighted by Gasteiger charge is 2.21. The van der Waals surface area contributed by atoms with Crippen molar-refractivity contribution in [2.75, 3.05) is 19.7 Å². The Balaban J connectivity index is 4.35. The molecule has 4 nitrogen and oxygen atoms in total. The van der Waals surface area contributed by atoms with Gasteiger partial charge < -0.3 is 9.64 Å². The molecule has 0 aliphatic heterocycles. The minimum atomic E-state index is -1.99. The molecule has 92 valence electrons. The maximum atomic E-state index is 11.6. The fourth-order valence-electron chi connectivity index (χ4n) is 0.856. The summed E-state index contributed by atoms with van der Waals surface area (Å²) >= 11 is 0. The van der Waals surface area contributed by atoms with E-state index >= 15 is 0 Å². The standard InChI is InChI=1S/C11H11F2NO3/c1-3-6-14(7-4-2)10(15)11(16)17-8-5-9(12)13/h1,4-5H,2,6-8H2. The Morgan fingerprint density at radius 1 is 1.47 bits per heavy atom. The van der Waals surface area contributed by atoms with Gasteiger partial charge in [-0.2, -0.15) is 8.78 Å². The zero-order chi connectivity index (χ0) is 13.3. The Kier molecular flexibility index (Phi) is 7.02. The second-order valence-electron chi connectivity index (χ2n) is 2.77. The van der Waals surface area contributed by atoms with Gasteiger partial charge in [0.1, 0.15) is 6.61 Å². The minimum absolute atomic E-state index is 0.0748. The molecule has 0 saturated heterocycles. The van der Waals surface area contributed by atoms with Gasteiger partial charge in [-0.05, 0) is 0 Å². The first-order chi connectivity index (χ1) is 8.02. The number of amides is 1. The molecule has 0 fully saturated rings. The molecule has 0 spiro atoms. The van der Waals surface area contributed by atoms with Gasteiger partial charge in [-0.3, -0.25) is 4.79 Å². The summed E-state index contributed by atoms with van der Waals surface area (Å²) in [6.07, 6.45) is 4.77. The number of halogens is 2. The van der Waals surface area contributed by atoms with Crippen LogP contribution in [0.15, 0.2) is 24.8 Å². The van der Waals surface area contributed by atoms with E-state index in [9.17, 15) is 18.4 Å². The average molecular weight is 243 g/mol. The molecule has 0 aromatic carbocycles. The van der Waals surface area contributed by atoms with Crippen LogP contribution in [0.2, 0.25) is 0 Å². The molecule has 0 radical (unpaired) electrons. The van der Waals surface area contributed by atoms with E-state index in [0.29, 0.717) is 6.08 Å². The van der Waals surface area contributed by atoms with Crippen LogP contribution in [0.1, 0.15) is 0 Å². The number of ether oxygens (including phenoxy) is 1. The van der Waals surface area contributed by atoms with Gasteiger partial charge in [0.05, 0.1) is 6.54 Å². The molecule has 0 N–H and O–H groups in total. The first kappa shape index (κ1) is 14.8. The van der Waals surface area contributed by atoms with Crippen LogP contribution in [0.3, 0.4) is 0 Å². The predicted octanol–water partition coefficient (Wildman–Crippen LogP) is 0.958. The lowest BCUT2D eigenvalue weighted by Crippen LogP contribution is -2.38. The van der Waals surface area contributed by atoms with Gasteiger partial charge in [-0.25, -0.2) is 4.79 Å². The predicted molar refractivity (Wildman–Crippen MR) is 56.9 cm³/mol. The zero-order valence-corrected chi connectivity index (χ0v) is 8.99. The summed E-state index contributed by atoms with van der Waals surface area (Å²) in [5, 5.41) is 0. The fourth-order valence-corrected chi connectivity index (χ4v) is 0.856. The molecule has 0 bridgehead atoms. The van der Waals surface area contributed by atoms with Gasteiger partial charge in [-0.1, -0.05) is 12.0 Å². The van der Waals surface area contributed by atoms with Gasteiger partial charge in [-0.15, -0.1) is 13.0 Å². The molecule has 0 aliphatic rings. The summed E-state index contributed by atoms with van der Waals surface area (Å²) in [7, 11) is 0. The normalized spacial score (nSPS) is 8.76. The highest BCUT2D eigenvalue weighted by atomic mass is 19.3. The summed E-state index contributed by atoms with van der Waals surface area (Å²) < 4.78 is 27.5. The molecular weight excluding hydrogens is 232 g/mol. The Labute approximate surface area is 97.5 Å². The Bertz CT molecular complexity index is 367. The first-order valence-corrected chi connectivity index (χ1v) is 4.54. The van der Waals surface area contributed by atoms with E-state index in [2.05, 4.69) is 17.2 Å². The number of carbonyl (C=O) groups excluding carboxylic acids is 2. The van der Waals surface area contributed by atoms with Crippen LogP contribution in [-0.4, -0.2) is 36.5 Å². The third-order valence-corrected chi connectivity index (χ3v) is 1.55. The van der Waals surface area contributed by atoms with Crippen LogP contribution in [-0.2, 0) is 14.3 Å². The Hall–Kier alpha value is -2.16. The zero-order valence-electron chi connectivity index (χ0n) is 8.99. The smallest absolute Gasteiger partial charge is 0.397 e. The third-order valence-electron chi connectivity index (χ3n) is 1.55. The highest BCUT2D eigenvalue weighted by molar-refractivity contribution is 6.32. The van der Waals surface area contributed by atoms with E-state index in [4.69, 9.17) is 6.42 Å². The van der Waals surface area contributed by atoms with Crippen molar-refractivity contribution in [1.82, 2.24) is 4.90 Å². The van der Waals surface area contributed by atoms with Crippen LogP contribution >= 0.6 is 0 Å². The molecule has 0 saturated carbocycles. The van der Waals surface area contributed by atoms with Gasteiger partial charge in [0.2, 0.25) is 0 Å². The van der Waals surface area contributed by atoms with Crippen LogP contribution in [0.5, 0.6) is 0 Å². The molecule has 0 aromatic heterocycles. The molecule has 0 heterocycles. The number of esters is 1. The van der Waals surface area contributed by atoms with Crippen molar-refractivity contribution in [3.63, 3.8) is 0 Å². The molecule has 0 unspecified atom stereocenters. The third kappa shape index (κ3) is 6.10. The fraction of sp³-hybridized carbons (Fsp3) is 0.273. The van der Waals surface area contributed by atoms with Crippen molar-refractivity contribution in [2.45, 2.75) is 0 Å². The van der Waals surface area contributed by atoms with Crippen molar-refractivity contribution >= 4 is 11.9 Å². The van der Waals surface area contributed by atoms with E-state index < -0.39 is 24.6 Å². The lowest BCUT2D eigenvalue weighted by atomic mass is 10.4. The summed E-state index contributed by atoms with van der Waals surface area (Å²) in [6, 6.07) is 0. The molecule has 0 aromatic rings. The van der Waals surface area contributed by atoms with Crippen LogP contribution in [0.25, 0.3) is 0 Å². The van der Waals surface area contributed by atoms with Crippen molar-refractivity contribution in [2.24, 2.45) is 0 Å². The number of hydrogen-bond donors (Lipinski definition) is 0. The summed E-state index contributed by atoms with van der Waals surface area (Å²) in [5.41, 5.74) is 0. The maximum absolute atomic E-state index is 11.6. The van der Waals surface area contributed by atoms with E-state index in [-0.39, 0.29) is 13.1 Å². The summed E-state index contributed by atoms with van der Waals surface area (Å²) in [4.78, 5) is 23.5. The highest BCUT2D eigenvalue weighted by Crippen LogP contribution is 1.97. The molecule has 6 heteroatoms. The average Bonchev–Trinajstić information content (AvgIpc) is 2.27. The quantitative estimate of drug-likeness (QED) is 0.313. The van der Waals surface area contributed by atoms with Gasteiger partial charge >= 0.3 is 11.9 Å². The van der Waals surface area contributed by atoms with E-state index in [1.807, 2.05) is 0 Å². The topological polar surface area (TPSA) is 46.6 Å². The van der Waals surface area contributed by atoms with Crippen molar-refractivity contribution in [3.8, 4) is 12.3 Å². The lowest BCUT2D eigenvalue weighted by molar-refractivity contribution is -0.158. The number of nitrogens with zero attached hydrogens (tertiary/aromatic N) is 1. The molecular formula is C11H11F2NO3. The molecule has 0 atom stereocenters. The summed E-state index contributed by atoms with van der Waals surface area (Å²) in [5.74, 6) is -0.0464. The minimum Gasteiger partial charge on any atom is -0.454 e. The number of hydrogen-bond acceptors (Lipinski definition) is 3. The van der Waals surface area contributed by atoms with Crippen molar-refractivity contribution in [3.05, 3.63) is 24.8 Å².